The normalized spacial score (nSPS) is 20.0. The fraction of sp³-hybridized carbons (Fsp3) is 0.467. The van der Waals surface area contributed by atoms with Crippen LogP contribution in [0.4, 0.5) is 5.69 Å². The van der Waals surface area contributed by atoms with Crippen molar-refractivity contribution in [2.75, 3.05) is 25.6 Å². The summed E-state index contributed by atoms with van der Waals surface area (Å²) in [5, 5.41) is 5.61. The largest absolute Gasteiger partial charge is 0.383 e. The van der Waals surface area contributed by atoms with Gasteiger partial charge in [0.2, 0.25) is 11.8 Å². The molecule has 0 saturated heterocycles. The molecule has 2 rings (SSSR count). The number of carbonyl (C=O) groups excluding carboxylic acids is 2. The SMILES string of the molecule is COCCNC(=O)C1CC1C(=O)Nc1ccc(C)c(Br)c1. The number of nitrogens with one attached hydrogen (secondary N) is 2. The van der Waals surface area contributed by atoms with Crippen molar-refractivity contribution in [2.24, 2.45) is 11.8 Å². The predicted octanol–water partition coefficient (Wildman–Crippen LogP) is 2.09. The molecule has 6 heteroatoms. The number of methoxy groups -OCH3 is 1. The van der Waals surface area contributed by atoms with E-state index in [1.165, 1.54) is 0 Å². The summed E-state index contributed by atoms with van der Waals surface area (Å²) in [4.78, 5) is 23.9. The number of hydrogen-bond donors (Lipinski definition) is 2. The van der Waals surface area contributed by atoms with E-state index in [0.29, 0.717) is 19.6 Å². The van der Waals surface area contributed by atoms with Gasteiger partial charge in [0, 0.05) is 23.8 Å². The quantitative estimate of drug-likeness (QED) is 0.768. The van der Waals surface area contributed by atoms with Crippen molar-refractivity contribution in [3.05, 3.63) is 28.2 Å². The van der Waals surface area contributed by atoms with Crippen LogP contribution in [0.1, 0.15) is 12.0 Å². The molecule has 1 aromatic rings. The van der Waals surface area contributed by atoms with Crippen molar-refractivity contribution < 1.29 is 14.3 Å². The molecule has 1 aliphatic carbocycles. The number of aryl methyl sites for hydroxylation is 1. The molecular weight excluding hydrogens is 336 g/mol. The van der Waals surface area contributed by atoms with Crippen LogP contribution < -0.4 is 10.6 Å². The minimum Gasteiger partial charge on any atom is -0.383 e. The lowest BCUT2D eigenvalue weighted by molar-refractivity contribution is -0.125. The number of hydrogen-bond acceptors (Lipinski definition) is 3. The van der Waals surface area contributed by atoms with Gasteiger partial charge in [-0.3, -0.25) is 9.59 Å². The Kier molecular flexibility index (Phi) is 5.36. The Bertz CT molecular complexity index is 548. The average molecular weight is 355 g/mol. The van der Waals surface area contributed by atoms with Crippen LogP contribution in [-0.4, -0.2) is 32.1 Å². The smallest absolute Gasteiger partial charge is 0.228 e. The fourth-order valence-electron chi connectivity index (χ4n) is 2.09. The van der Waals surface area contributed by atoms with Gasteiger partial charge in [0.1, 0.15) is 0 Å². The van der Waals surface area contributed by atoms with E-state index >= 15 is 0 Å². The van der Waals surface area contributed by atoms with E-state index in [1.807, 2.05) is 25.1 Å². The standard InChI is InChI=1S/C15H19BrN2O3/c1-9-3-4-10(7-13(9)16)18-15(20)12-8-11(12)14(19)17-5-6-21-2/h3-4,7,11-12H,5-6,8H2,1-2H3,(H,17,19)(H,18,20). The van der Waals surface area contributed by atoms with E-state index in [4.69, 9.17) is 4.74 Å². The summed E-state index contributed by atoms with van der Waals surface area (Å²) in [6, 6.07) is 5.65. The highest BCUT2D eigenvalue weighted by Gasteiger charge is 2.47. The number of anilines is 1. The van der Waals surface area contributed by atoms with E-state index < -0.39 is 0 Å². The molecule has 2 amide bonds. The van der Waals surface area contributed by atoms with E-state index in [0.717, 1.165) is 15.7 Å². The van der Waals surface area contributed by atoms with Crippen molar-refractivity contribution in [3.8, 4) is 0 Å². The number of benzene rings is 1. The predicted molar refractivity (Wildman–Crippen MR) is 84.0 cm³/mol. The maximum atomic E-state index is 12.1. The lowest BCUT2D eigenvalue weighted by Gasteiger charge is -2.07. The molecule has 2 N–H and O–H groups in total. The van der Waals surface area contributed by atoms with E-state index in [-0.39, 0.29) is 23.7 Å². The lowest BCUT2D eigenvalue weighted by atomic mass is 10.2. The van der Waals surface area contributed by atoms with Gasteiger partial charge < -0.3 is 15.4 Å². The Balaban J connectivity index is 1.82. The molecule has 21 heavy (non-hydrogen) atoms. The van der Waals surface area contributed by atoms with Crippen LogP contribution in [-0.2, 0) is 14.3 Å². The van der Waals surface area contributed by atoms with Gasteiger partial charge in [-0.05, 0) is 31.0 Å². The van der Waals surface area contributed by atoms with Gasteiger partial charge in [0.05, 0.1) is 18.4 Å². The Morgan fingerprint density at radius 1 is 1.33 bits per heavy atom. The molecule has 0 bridgehead atoms. The number of rotatable bonds is 6. The van der Waals surface area contributed by atoms with Crippen LogP contribution in [0.2, 0.25) is 0 Å². The molecule has 5 nitrogen and oxygen atoms in total. The van der Waals surface area contributed by atoms with Gasteiger partial charge in [-0.2, -0.15) is 0 Å². The molecule has 2 atom stereocenters. The molecule has 0 heterocycles. The highest BCUT2D eigenvalue weighted by atomic mass is 79.9. The van der Waals surface area contributed by atoms with Gasteiger partial charge in [-0.15, -0.1) is 0 Å². The molecule has 1 saturated carbocycles. The second kappa shape index (κ2) is 7.04. The maximum absolute atomic E-state index is 12.1. The third kappa shape index (κ3) is 4.28. The number of halogens is 1. The molecule has 0 aromatic heterocycles. The zero-order valence-corrected chi connectivity index (χ0v) is 13.7. The fourth-order valence-corrected chi connectivity index (χ4v) is 2.47. The second-order valence-corrected chi connectivity index (χ2v) is 6.04. The van der Waals surface area contributed by atoms with Crippen molar-refractivity contribution >= 4 is 33.4 Å². The third-order valence-corrected chi connectivity index (χ3v) is 4.36. The van der Waals surface area contributed by atoms with Gasteiger partial charge in [-0.25, -0.2) is 0 Å². The Hall–Kier alpha value is -1.40. The first-order valence-electron chi connectivity index (χ1n) is 6.86. The molecule has 1 aliphatic rings. The van der Waals surface area contributed by atoms with Gasteiger partial charge in [0.15, 0.2) is 0 Å². The molecule has 114 valence electrons. The van der Waals surface area contributed by atoms with Gasteiger partial charge in [-0.1, -0.05) is 22.0 Å². The summed E-state index contributed by atoms with van der Waals surface area (Å²) in [6.45, 7) is 2.94. The van der Waals surface area contributed by atoms with Crippen molar-refractivity contribution in [1.29, 1.82) is 0 Å². The second-order valence-electron chi connectivity index (χ2n) is 5.19. The highest BCUT2D eigenvalue weighted by Crippen LogP contribution is 2.39. The van der Waals surface area contributed by atoms with E-state index in [1.54, 1.807) is 7.11 Å². The van der Waals surface area contributed by atoms with Crippen molar-refractivity contribution in [2.45, 2.75) is 13.3 Å². The Morgan fingerprint density at radius 3 is 2.71 bits per heavy atom. The van der Waals surface area contributed by atoms with Crippen LogP contribution in [0.15, 0.2) is 22.7 Å². The van der Waals surface area contributed by atoms with E-state index in [2.05, 4.69) is 26.6 Å². The Labute approximate surface area is 132 Å². The van der Waals surface area contributed by atoms with Crippen LogP contribution in [0.25, 0.3) is 0 Å². The lowest BCUT2D eigenvalue weighted by Crippen LogP contribution is -2.30. The number of amides is 2. The molecular formula is C15H19BrN2O3. The van der Waals surface area contributed by atoms with E-state index in [9.17, 15) is 9.59 Å². The molecule has 0 spiro atoms. The highest BCUT2D eigenvalue weighted by molar-refractivity contribution is 9.10. The summed E-state index contributed by atoms with van der Waals surface area (Å²) in [5.74, 6) is -0.613. The minimum absolute atomic E-state index is 0.0720. The summed E-state index contributed by atoms with van der Waals surface area (Å²) in [5.41, 5.74) is 1.85. The zero-order valence-electron chi connectivity index (χ0n) is 12.1. The monoisotopic (exact) mass is 354 g/mol. The minimum atomic E-state index is -0.229. The molecule has 2 unspecified atom stereocenters. The van der Waals surface area contributed by atoms with Crippen molar-refractivity contribution in [3.63, 3.8) is 0 Å². The zero-order chi connectivity index (χ0) is 15.4. The van der Waals surface area contributed by atoms with Crippen LogP contribution in [0.3, 0.4) is 0 Å². The summed E-state index contributed by atoms with van der Waals surface area (Å²) in [6.07, 6.45) is 0.609. The topological polar surface area (TPSA) is 67.4 Å². The van der Waals surface area contributed by atoms with Crippen LogP contribution >= 0.6 is 15.9 Å². The summed E-state index contributed by atoms with van der Waals surface area (Å²) in [7, 11) is 1.58. The third-order valence-electron chi connectivity index (χ3n) is 3.51. The maximum Gasteiger partial charge on any atom is 0.228 e. The van der Waals surface area contributed by atoms with Gasteiger partial charge >= 0.3 is 0 Å². The molecule has 0 aliphatic heterocycles. The van der Waals surface area contributed by atoms with Crippen molar-refractivity contribution in [1.82, 2.24) is 5.32 Å². The summed E-state index contributed by atoms with van der Waals surface area (Å²) < 4.78 is 5.82. The van der Waals surface area contributed by atoms with Crippen LogP contribution in [0.5, 0.6) is 0 Å². The first-order valence-corrected chi connectivity index (χ1v) is 7.66. The molecule has 0 radical (unpaired) electrons. The average Bonchev–Trinajstić information content (AvgIpc) is 3.23. The van der Waals surface area contributed by atoms with Gasteiger partial charge in [0.25, 0.3) is 0 Å². The van der Waals surface area contributed by atoms with Crippen LogP contribution in [0, 0.1) is 18.8 Å². The number of carbonyl (C=O) groups is 2. The first-order chi connectivity index (χ1) is 10.0. The molecule has 1 aromatic carbocycles. The number of ether oxygens (including phenoxy) is 1. The Morgan fingerprint density at radius 2 is 2.05 bits per heavy atom. The first kappa shape index (κ1) is 16.0. The summed E-state index contributed by atoms with van der Waals surface area (Å²) >= 11 is 3.43. The molecule has 1 fully saturated rings.